The zero-order chi connectivity index (χ0) is 22.1. The number of carbonyl (C=O) groups is 2. The molecule has 1 aromatic carbocycles. The Bertz CT molecular complexity index is 807. The number of benzene rings is 1. The number of hydrogen-bond donors (Lipinski definition) is 3. The smallest absolute Gasteiger partial charge is 0.245 e. The molecule has 3 N–H and O–H groups in total. The highest BCUT2D eigenvalue weighted by atomic mass is 19.1. The molecule has 4 atom stereocenters. The van der Waals surface area contributed by atoms with E-state index in [0.29, 0.717) is 19.6 Å². The van der Waals surface area contributed by atoms with Crippen LogP contribution in [0.1, 0.15) is 25.8 Å². The molecule has 2 amide bonds. The molecule has 3 rings (SSSR count). The summed E-state index contributed by atoms with van der Waals surface area (Å²) in [6.07, 6.45) is -0.951. The number of piperazine rings is 1. The predicted octanol–water partition coefficient (Wildman–Crippen LogP) is 0.578. The first kappa shape index (κ1) is 22.5. The summed E-state index contributed by atoms with van der Waals surface area (Å²) in [6.45, 7) is 7.43. The van der Waals surface area contributed by atoms with Crippen LogP contribution in [0.25, 0.3) is 0 Å². The largest absolute Gasteiger partial charge is 0.382 e. The Hall–Kier alpha value is -2.23. The van der Waals surface area contributed by atoms with Crippen LogP contribution in [0.5, 0.6) is 0 Å². The van der Waals surface area contributed by atoms with Gasteiger partial charge in [-0.3, -0.25) is 14.9 Å². The van der Waals surface area contributed by atoms with E-state index >= 15 is 0 Å². The lowest BCUT2D eigenvalue weighted by atomic mass is 9.87. The Morgan fingerprint density at radius 1 is 1.43 bits per heavy atom. The predicted molar refractivity (Wildman–Crippen MR) is 110 cm³/mol. The van der Waals surface area contributed by atoms with E-state index in [9.17, 15) is 19.1 Å². The Labute approximate surface area is 176 Å². The van der Waals surface area contributed by atoms with Crippen molar-refractivity contribution in [2.24, 2.45) is 5.92 Å². The van der Waals surface area contributed by atoms with Crippen LogP contribution in [0.2, 0.25) is 0 Å². The second-order valence-electron chi connectivity index (χ2n) is 8.40. The Kier molecular flexibility index (Phi) is 6.64. The maximum atomic E-state index is 13.7. The van der Waals surface area contributed by atoms with Crippen LogP contribution in [-0.4, -0.2) is 73.1 Å². The molecule has 0 aliphatic carbocycles. The molecule has 1 aromatic rings. The van der Waals surface area contributed by atoms with E-state index in [0.717, 1.165) is 11.3 Å². The molecule has 0 spiro atoms. The monoisotopic (exact) mass is 422 g/mol. The van der Waals surface area contributed by atoms with Crippen molar-refractivity contribution in [1.29, 1.82) is 0 Å². The number of nitrogens with zero attached hydrogens (tertiary/aromatic N) is 2. The van der Waals surface area contributed by atoms with Crippen molar-refractivity contribution in [3.63, 3.8) is 0 Å². The first-order valence-electron chi connectivity index (χ1n) is 10.2. The number of nitrogens with one attached hydrogen (secondary N) is 2. The van der Waals surface area contributed by atoms with Gasteiger partial charge in [0.1, 0.15) is 11.4 Å². The number of aliphatic hydroxyl groups is 1. The highest BCUT2D eigenvalue weighted by Gasteiger charge is 2.48. The second kappa shape index (κ2) is 8.87. The third kappa shape index (κ3) is 4.43. The average Bonchev–Trinajstić information content (AvgIpc) is 2.96. The number of rotatable bonds is 6. The third-order valence-electron chi connectivity index (χ3n) is 6.00. The molecule has 8 nitrogen and oxygen atoms in total. The van der Waals surface area contributed by atoms with E-state index in [1.54, 1.807) is 17.9 Å². The zero-order valence-corrected chi connectivity index (χ0v) is 17.9. The Balaban J connectivity index is 1.66. The van der Waals surface area contributed by atoms with E-state index in [1.165, 1.54) is 19.2 Å². The number of carbonyl (C=O) groups excluding carboxylic acids is 2. The van der Waals surface area contributed by atoms with Crippen LogP contribution >= 0.6 is 0 Å². The van der Waals surface area contributed by atoms with E-state index in [1.807, 2.05) is 13.8 Å². The lowest BCUT2D eigenvalue weighted by Crippen LogP contribution is -2.57. The van der Waals surface area contributed by atoms with Crippen LogP contribution in [0.3, 0.4) is 0 Å². The molecule has 0 aromatic heterocycles. The van der Waals surface area contributed by atoms with Crippen molar-refractivity contribution < 1.29 is 23.8 Å². The number of amides is 2. The lowest BCUT2D eigenvalue weighted by Gasteiger charge is -2.43. The number of anilines is 1. The minimum atomic E-state index is -1.16. The second-order valence-corrected chi connectivity index (χ2v) is 8.40. The summed E-state index contributed by atoms with van der Waals surface area (Å²) in [5, 5.41) is 15.0. The fourth-order valence-electron chi connectivity index (χ4n) is 4.52. The van der Waals surface area contributed by atoms with E-state index < -0.39 is 17.8 Å². The van der Waals surface area contributed by atoms with Crippen molar-refractivity contribution in [3.05, 3.63) is 29.6 Å². The molecule has 30 heavy (non-hydrogen) atoms. The summed E-state index contributed by atoms with van der Waals surface area (Å²) in [5.41, 5.74) is 0.701. The van der Waals surface area contributed by atoms with Gasteiger partial charge in [0.25, 0.3) is 0 Å². The molecule has 2 saturated heterocycles. The van der Waals surface area contributed by atoms with Gasteiger partial charge >= 0.3 is 0 Å². The standard InChI is InChI=1S/C21H31FN4O4/c1-13-5-6-16(22)9-17(13)26-8-7-25(11-15(26)3)18(27)14(2)10-21(12-30-4)19(28)23-20(29)24-21/h5-6,9,14-15,20,24,29H,7-8,10-12H2,1-4H3,(H,23,28)/t14?,15-,20?,21?/m0/s1. The third-order valence-corrected chi connectivity index (χ3v) is 6.00. The summed E-state index contributed by atoms with van der Waals surface area (Å²) in [6, 6.07) is 4.78. The first-order valence-corrected chi connectivity index (χ1v) is 10.2. The van der Waals surface area contributed by atoms with Gasteiger partial charge in [-0.25, -0.2) is 4.39 Å². The average molecular weight is 423 g/mol. The number of aryl methyl sites for hydroxylation is 1. The molecule has 2 aliphatic rings. The minimum absolute atomic E-state index is 0.0260. The Morgan fingerprint density at radius 2 is 2.17 bits per heavy atom. The lowest BCUT2D eigenvalue weighted by molar-refractivity contribution is -0.137. The van der Waals surface area contributed by atoms with Gasteiger partial charge in [-0.1, -0.05) is 13.0 Å². The van der Waals surface area contributed by atoms with Crippen LogP contribution < -0.4 is 15.5 Å². The van der Waals surface area contributed by atoms with Gasteiger partial charge in [-0.2, -0.15) is 0 Å². The van der Waals surface area contributed by atoms with Crippen molar-refractivity contribution in [2.45, 2.75) is 45.1 Å². The van der Waals surface area contributed by atoms with Gasteiger partial charge in [0.05, 0.1) is 6.61 Å². The van der Waals surface area contributed by atoms with Gasteiger partial charge in [0.15, 0.2) is 6.35 Å². The van der Waals surface area contributed by atoms with Gasteiger partial charge in [-0.05, 0) is 38.0 Å². The number of aliphatic hydroxyl groups excluding tert-OH is 1. The van der Waals surface area contributed by atoms with E-state index in [2.05, 4.69) is 15.5 Å². The quantitative estimate of drug-likeness (QED) is 0.621. The van der Waals surface area contributed by atoms with Crippen LogP contribution in [0.15, 0.2) is 18.2 Å². The fourth-order valence-corrected chi connectivity index (χ4v) is 4.52. The van der Waals surface area contributed by atoms with E-state index in [-0.39, 0.29) is 36.7 Å². The molecular weight excluding hydrogens is 391 g/mol. The fraction of sp³-hybridized carbons (Fsp3) is 0.619. The first-order chi connectivity index (χ1) is 14.2. The molecule has 2 heterocycles. The topological polar surface area (TPSA) is 94.1 Å². The summed E-state index contributed by atoms with van der Waals surface area (Å²) >= 11 is 0. The molecule has 2 aliphatic heterocycles. The zero-order valence-electron chi connectivity index (χ0n) is 17.9. The molecule has 166 valence electrons. The van der Waals surface area contributed by atoms with Gasteiger partial charge in [-0.15, -0.1) is 0 Å². The molecule has 0 bridgehead atoms. The summed E-state index contributed by atoms with van der Waals surface area (Å²) in [4.78, 5) is 29.4. The molecule has 3 unspecified atom stereocenters. The molecule has 2 fully saturated rings. The molecular formula is C21H31FN4O4. The Morgan fingerprint density at radius 3 is 2.77 bits per heavy atom. The highest BCUT2D eigenvalue weighted by molar-refractivity contribution is 5.90. The van der Waals surface area contributed by atoms with Gasteiger partial charge < -0.3 is 25.0 Å². The molecule has 0 radical (unpaired) electrons. The number of methoxy groups -OCH3 is 1. The summed E-state index contributed by atoms with van der Waals surface area (Å²) in [5.74, 6) is -1.15. The SMILES string of the molecule is COCC1(CC(C)C(=O)N2CCN(c3cc(F)ccc3C)[C@@H](C)C2)NC(O)NC1=O. The van der Waals surface area contributed by atoms with Crippen LogP contribution in [0.4, 0.5) is 10.1 Å². The van der Waals surface area contributed by atoms with Crippen molar-refractivity contribution >= 4 is 17.5 Å². The molecule has 0 saturated carbocycles. The minimum Gasteiger partial charge on any atom is -0.382 e. The summed E-state index contributed by atoms with van der Waals surface area (Å²) < 4.78 is 18.9. The normalized spacial score (nSPS) is 27.9. The maximum absolute atomic E-state index is 13.7. The summed E-state index contributed by atoms with van der Waals surface area (Å²) in [7, 11) is 1.48. The van der Waals surface area contributed by atoms with Gasteiger partial charge in [0, 0.05) is 44.4 Å². The van der Waals surface area contributed by atoms with Crippen molar-refractivity contribution in [2.75, 3.05) is 38.3 Å². The highest BCUT2D eigenvalue weighted by Crippen LogP contribution is 2.28. The number of halogens is 1. The molecule has 9 heteroatoms. The maximum Gasteiger partial charge on any atom is 0.245 e. The number of hydrogen-bond acceptors (Lipinski definition) is 6. The van der Waals surface area contributed by atoms with Gasteiger partial charge in [0.2, 0.25) is 11.8 Å². The number of ether oxygens (including phenoxy) is 1. The van der Waals surface area contributed by atoms with Crippen LogP contribution in [0, 0.1) is 18.7 Å². The van der Waals surface area contributed by atoms with E-state index in [4.69, 9.17) is 4.74 Å². The van der Waals surface area contributed by atoms with Crippen LogP contribution in [-0.2, 0) is 14.3 Å². The van der Waals surface area contributed by atoms with Crippen molar-refractivity contribution in [1.82, 2.24) is 15.5 Å². The van der Waals surface area contributed by atoms with Crippen molar-refractivity contribution in [3.8, 4) is 0 Å².